The van der Waals surface area contributed by atoms with E-state index < -0.39 is 10.8 Å². The maximum Gasteiger partial charge on any atom is 0.123 e. The van der Waals surface area contributed by atoms with E-state index in [0.717, 1.165) is 29.9 Å². The van der Waals surface area contributed by atoms with Crippen molar-refractivity contribution in [1.29, 1.82) is 0 Å². The van der Waals surface area contributed by atoms with E-state index >= 15 is 0 Å². The molecule has 1 N–H and O–H groups in total. The van der Waals surface area contributed by atoms with Gasteiger partial charge in [0.2, 0.25) is 0 Å². The van der Waals surface area contributed by atoms with Gasteiger partial charge in [-0.15, -0.1) is 0 Å². The number of benzene rings is 1. The second kappa shape index (κ2) is 5.55. The minimum Gasteiger partial charge on any atom is -0.310 e. The number of hydrogen-bond acceptors (Lipinski definition) is 2. The Morgan fingerprint density at radius 2 is 2.12 bits per heavy atom. The lowest BCUT2D eigenvalue weighted by Crippen LogP contribution is -2.35. The largest absolute Gasteiger partial charge is 0.310 e. The molecule has 2 nitrogen and oxygen atoms in total. The highest BCUT2D eigenvalue weighted by atomic mass is 32.2. The lowest BCUT2D eigenvalue weighted by atomic mass is 10.1. The Balaban J connectivity index is 1.81. The molecule has 4 heteroatoms. The predicted molar refractivity (Wildman–Crippen MR) is 64.1 cm³/mol. The summed E-state index contributed by atoms with van der Waals surface area (Å²) in [4.78, 5) is 0. The standard InChI is InChI=1S/C12H16FNOS/c13-11-3-1-2-10(8-11)9-14-12-4-6-16(15)7-5-12/h1-3,8,12,14H,4-7,9H2. The van der Waals surface area contributed by atoms with Crippen molar-refractivity contribution in [3.05, 3.63) is 35.6 Å². The molecule has 1 fully saturated rings. The molecule has 1 aliphatic heterocycles. The van der Waals surface area contributed by atoms with Gasteiger partial charge in [-0.25, -0.2) is 4.39 Å². The van der Waals surface area contributed by atoms with Gasteiger partial charge in [-0.2, -0.15) is 0 Å². The summed E-state index contributed by atoms with van der Waals surface area (Å²) in [5.41, 5.74) is 0.965. The summed E-state index contributed by atoms with van der Waals surface area (Å²) < 4.78 is 24.1. The van der Waals surface area contributed by atoms with Crippen LogP contribution in [-0.4, -0.2) is 21.8 Å². The highest BCUT2D eigenvalue weighted by Crippen LogP contribution is 2.10. The molecular weight excluding hydrogens is 225 g/mol. The molecule has 1 aromatic carbocycles. The first kappa shape index (κ1) is 11.7. The Bertz CT molecular complexity index is 373. The molecule has 0 saturated carbocycles. The minimum atomic E-state index is -0.613. The molecule has 0 radical (unpaired) electrons. The van der Waals surface area contributed by atoms with Gasteiger partial charge in [-0.1, -0.05) is 12.1 Å². The van der Waals surface area contributed by atoms with Gasteiger partial charge in [0.05, 0.1) is 0 Å². The summed E-state index contributed by atoms with van der Waals surface area (Å²) in [6, 6.07) is 7.07. The Labute approximate surface area is 97.7 Å². The third-order valence-electron chi connectivity index (χ3n) is 2.87. The van der Waals surface area contributed by atoms with E-state index in [1.165, 1.54) is 6.07 Å². The number of nitrogens with one attached hydrogen (secondary N) is 1. The van der Waals surface area contributed by atoms with Gasteiger partial charge < -0.3 is 5.32 Å². The SMILES string of the molecule is O=S1CCC(NCc2cccc(F)c2)CC1. The van der Waals surface area contributed by atoms with E-state index in [-0.39, 0.29) is 5.82 Å². The van der Waals surface area contributed by atoms with Gasteiger partial charge in [0.1, 0.15) is 5.82 Å². The summed E-state index contributed by atoms with van der Waals surface area (Å²) >= 11 is 0. The summed E-state index contributed by atoms with van der Waals surface area (Å²) in [5.74, 6) is 1.39. The van der Waals surface area contributed by atoms with Crippen LogP contribution in [0, 0.1) is 5.82 Å². The van der Waals surface area contributed by atoms with Crippen LogP contribution in [0.5, 0.6) is 0 Å². The van der Waals surface area contributed by atoms with Crippen LogP contribution >= 0.6 is 0 Å². The van der Waals surface area contributed by atoms with Crippen molar-refractivity contribution in [2.75, 3.05) is 11.5 Å². The van der Waals surface area contributed by atoms with Gasteiger partial charge in [0.25, 0.3) is 0 Å². The van der Waals surface area contributed by atoms with Crippen LogP contribution in [0.15, 0.2) is 24.3 Å². The van der Waals surface area contributed by atoms with E-state index in [9.17, 15) is 8.60 Å². The molecule has 0 amide bonds. The summed E-state index contributed by atoms with van der Waals surface area (Å²) in [5, 5.41) is 3.38. The topological polar surface area (TPSA) is 29.1 Å². The van der Waals surface area contributed by atoms with Crippen molar-refractivity contribution in [3.8, 4) is 0 Å². The lowest BCUT2D eigenvalue weighted by Gasteiger charge is -2.22. The van der Waals surface area contributed by atoms with Gasteiger partial charge in [0.15, 0.2) is 0 Å². The van der Waals surface area contributed by atoms with E-state index in [2.05, 4.69) is 5.32 Å². The molecule has 0 spiro atoms. The summed E-state index contributed by atoms with van der Waals surface area (Å²) in [6.45, 7) is 0.690. The molecule has 1 heterocycles. The van der Waals surface area contributed by atoms with Crippen LogP contribution < -0.4 is 5.32 Å². The molecule has 88 valence electrons. The maximum absolute atomic E-state index is 12.9. The molecule has 0 atom stereocenters. The Kier molecular flexibility index (Phi) is 4.07. The first-order valence-corrected chi connectivity index (χ1v) is 7.05. The zero-order valence-electron chi connectivity index (χ0n) is 9.12. The van der Waals surface area contributed by atoms with E-state index in [1.54, 1.807) is 12.1 Å². The average molecular weight is 241 g/mol. The Hall–Kier alpha value is -0.740. The molecule has 0 aromatic heterocycles. The number of rotatable bonds is 3. The van der Waals surface area contributed by atoms with Crippen molar-refractivity contribution < 1.29 is 8.60 Å². The number of halogens is 1. The normalized spacial score (nSPS) is 25.6. The minimum absolute atomic E-state index is 0.191. The van der Waals surface area contributed by atoms with Crippen LogP contribution in [0.1, 0.15) is 18.4 Å². The molecular formula is C12H16FNOS. The van der Waals surface area contributed by atoms with Crippen molar-refractivity contribution in [2.45, 2.75) is 25.4 Å². The molecule has 1 saturated heterocycles. The zero-order chi connectivity index (χ0) is 11.4. The fraction of sp³-hybridized carbons (Fsp3) is 0.500. The smallest absolute Gasteiger partial charge is 0.123 e. The summed E-state index contributed by atoms with van der Waals surface area (Å²) in [7, 11) is -0.613. The lowest BCUT2D eigenvalue weighted by molar-refractivity contribution is 0.474. The third kappa shape index (κ3) is 3.39. The van der Waals surface area contributed by atoms with Gasteiger partial charge in [-0.05, 0) is 30.5 Å². The highest BCUT2D eigenvalue weighted by Gasteiger charge is 2.16. The van der Waals surface area contributed by atoms with Gasteiger partial charge in [-0.3, -0.25) is 4.21 Å². The molecule has 1 aliphatic rings. The summed E-state index contributed by atoms with van der Waals surface area (Å²) in [6.07, 6.45) is 1.92. The second-order valence-electron chi connectivity index (χ2n) is 4.13. The van der Waals surface area contributed by atoms with E-state index in [4.69, 9.17) is 0 Å². The highest BCUT2D eigenvalue weighted by molar-refractivity contribution is 7.85. The first-order valence-electron chi connectivity index (χ1n) is 5.57. The van der Waals surface area contributed by atoms with Gasteiger partial charge in [0, 0.05) is 34.9 Å². The van der Waals surface area contributed by atoms with Crippen LogP contribution in [0.2, 0.25) is 0 Å². The van der Waals surface area contributed by atoms with Gasteiger partial charge >= 0.3 is 0 Å². The van der Waals surface area contributed by atoms with Crippen LogP contribution in [0.3, 0.4) is 0 Å². The van der Waals surface area contributed by atoms with Crippen LogP contribution in [-0.2, 0) is 17.3 Å². The molecule has 2 rings (SSSR count). The first-order chi connectivity index (χ1) is 7.74. The zero-order valence-corrected chi connectivity index (χ0v) is 9.93. The second-order valence-corrected chi connectivity index (χ2v) is 5.83. The predicted octanol–water partition coefficient (Wildman–Crippen LogP) is 1.83. The fourth-order valence-corrected chi connectivity index (χ4v) is 3.21. The molecule has 0 aliphatic carbocycles. The quantitative estimate of drug-likeness (QED) is 0.874. The average Bonchev–Trinajstić information content (AvgIpc) is 2.28. The molecule has 1 aromatic rings. The monoisotopic (exact) mass is 241 g/mol. The molecule has 0 unspecified atom stereocenters. The van der Waals surface area contributed by atoms with Crippen molar-refractivity contribution in [1.82, 2.24) is 5.32 Å². The van der Waals surface area contributed by atoms with Crippen molar-refractivity contribution in [3.63, 3.8) is 0 Å². The van der Waals surface area contributed by atoms with Crippen LogP contribution in [0.4, 0.5) is 4.39 Å². The van der Waals surface area contributed by atoms with E-state index in [1.807, 2.05) is 6.07 Å². The number of hydrogen-bond donors (Lipinski definition) is 1. The molecule has 0 bridgehead atoms. The third-order valence-corrected chi connectivity index (χ3v) is 4.25. The molecule has 16 heavy (non-hydrogen) atoms. The Morgan fingerprint density at radius 3 is 2.81 bits per heavy atom. The van der Waals surface area contributed by atoms with Crippen LogP contribution in [0.25, 0.3) is 0 Å². The van der Waals surface area contributed by atoms with Crippen molar-refractivity contribution >= 4 is 10.8 Å². The fourth-order valence-electron chi connectivity index (χ4n) is 1.91. The maximum atomic E-state index is 12.9. The van der Waals surface area contributed by atoms with Crippen molar-refractivity contribution in [2.24, 2.45) is 0 Å². The Morgan fingerprint density at radius 1 is 1.38 bits per heavy atom. The van der Waals surface area contributed by atoms with E-state index in [0.29, 0.717) is 12.6 Å².